The van der Waals surface area contributed by atoms with Crippen LogP contribution in [0.4, 0.5) is 13.2 Å². The summed E-state index contributed by atoms with van der Waals surface area (Å²) in [5.74, 6) is -0.585. The molecule has 3 aromatic rings. The first-order valence-corrected chi connectivity index (χ1v) is 12.1. The molecule has 3 rings (SSSR count). The normalized spacial score (nSPS) is 12.0. The van der Waals surface area contributed by atoms with Gasteiger partial charge in [-0.25, -0.2) is 8.42 Å². The molecule has 0 atom stereocenters. The zero-order chi connectivity index (χ0) is 24.8. The second kappa shape index (κ2) is 11.0. The number of alkyl halides is 3. The van der Waals surface area contributed by atoms with Crippen molar-refractivity contribution >= 4 is 27.5 Å². The lowest BCUT2D eigenvalue weighted by atomic mass is 10.1. The van der Waals surface area contributed by atoms with Crippen LogP contribution >= 0.6 is 11.6 Å². The number of carbonyl (C=O) groups is 1. The van der Waals surface area contributed by atoms with Crippen molar-refractivity contribution in [2.45, 2.75) is 24.0 Å². The molecule has 0 saturated heterocycles. The first kappa shape index (κ1) is 25.7. The molecule has 180 valence electrons. The maximum Gasteiger partial charge on any atom is 0.416 e. The molecule has 0 spiro atoms. The molecule has 0 saturated carbocycles. The van der Waals surface area contributed by atoms with Crippen molar-refractivity contribution in [3.63, 3.8) is 0 Å². The van der Waals surface area contributed by atoms with Crippen LogP contribution in [0.25, 0.3) is 0 Å². The van der Waals surface area contributed by atoms with Gasteiger partial charge in [0.2, 0.25) is 15.9 Å². The third kappa shape index (κ3) is 6.82. The number of hydrogen-bond donors (Lipinski definition) is 1. The van der Waals surface area contributed by atoms with E-state index in [9.17, 15) is 26.4 Å². The Morgan fingerprint density at radius 1 is 0.941 bits per heavy atom. The fourth-order valence-corrected chi connectivity index (χ4v) is 4.85. The van der Waals surface area contributed by atoms with Crippen molar-refractivity contribution in [3.05, 3.63) is 101 Å². The topological polar surface area (TPSA) is 66.5 Å². The molecule has 0 aliphatic heterocycles. The number of halogens is 4. The molecular formula is C24H22ClF3N2O3S. The minimum atomic E-state index is -4.71. The second-order valence-electron chi connectivity index (χ2n) is 7.48. The van der Waals surface area contributed by atoms with Crippen LogP contribution in [-0.4, -0.2) is 31.7 Å². The number of benzene rings is 3. The predicted molar refractivity (Wildman–Crippen MR) is 124 cm³/mol. The van der Waals surface area contributed by atoms with Crippen LogP contribution in [0.1, 0.15) is 16.7 Å². The molecular weight excluding hydrogens is 489 g/mol. The number of sulfonamides is 1. The Morgan fingerprint density at radius 2 is 1.62 bits per heavy atom. The molecule has 0 bridgehead atoms. The lowest BCUT2D eigenvalue weighted by molar-refractivity contribution is -0.137. The Morgan fingerprint density at radius 3 is 2.29 bits per heavy atom. The molecule has 0 fully saturated rings. The predicted octanol–water partition coefficient (Wildman–Crippen LogP) is 4.91. The molecule has 10 heteroatoms. The van der Waals surface area contributed by atoms with E-state index in [4.69, 9.17) is 11.6 Å². The number of hydrogen-bond acceptors (Lipinski definition) is 3. The van der Waals surface area contributed by atoms with Crippen molar-refractivity contribution in [3.8, 4) is 0 Å². The maximum atomic E-state index is 13.3. The van der Waals surface area contributed by atoms with Crippen LogP contribution in [0.15, 0.2) is 83.8 Å². The lowest BCUT2D eigenvalue weighted by Gasteiger charge is -2.23. The molecule has 0 aliphatic carbocycles. The molecule has 0 heterocycles. The Hall–Kier alpha value is -2.88. The number of amides is 1. The summed E-state index contributed by atoms with van der Waals surface area (Å²) in [6, 6.07) is 19.3. The van der Waals surface area contributed by atoms with Gasteiger partial charge in [-0.3, -0.25) is 4.79 Å². The van der Waals surface area contributed by atoms with E-state index < -0.39 is 39.1 Å². The minimum Gasteiger partial charge on any atom is -0.355 e. The summed E-state index contributed by atoms with van der Waals surface area (Å²) >= 11 is 6.17. The number of carbonyl (C=O) groups excluding carboxylic acids is 1. The van der Waals surface area contributed by atoms with Gasteiger partial charge in [-0.15, -0.1) is 0 Å². The fourth-order valence-electron chi connectivity index (χ4n) is 3.23. The molecule has 1 amide bonds. The maximum absolute atomic E-state index is 13.3. The third-order valence-electron chi connectivity index (χ3n) is 5.00. The second-order valence-corrected chi connectivity index (χ2v) is 9.82. The highest BCUT2D eigenvalue weighted by Crippen LogP contribution is 2.31. The number of nitrogens with zero attached hydrogens (tertiary/aromatic N) is 1. The Balaban J connectivity index is 1.83. The molecule has 34 heavy (non-hydrogen) atoms. The molecule has 0 unspecified atom stereocenters. The average molecular weight is 511 g/mol. The van der Waals surface area contributed by atoms with E-state index in [0.717, 1.165) is 28.1 Å². The van der Waals surface area contributed by atoms with Crippen LogP contribution in [0.2, 0.25) is 5.02 Å². The molecule has 0 radical (unpaired) electrons. The first-order valence-electron chi connectivity index (χ1n) is 10.3. The van der Waals surface area contributed by atoms with Crippen LogP contribution in [0.5, 0.6) is 0 Å². The highest BCUT2D eigenvalue weighted by atomic mass is 35.5. The molecule has 0 aromatic heterocycles. The highest BCUT2D eigenvalue weighted by molar-refractivity contribution is 7.89. The van der Waals surface area contributed by atoms with E-state index in [0.29, 0.717) is 18.1 Å². The molecule has 1 N–H and O–H groups in total. The van der Waals surface area contributed by atoms with Gasteiger partial charge in [0.15, 0.2) is 0 Å². The monoisotopic (exact) mass is 510 g/mol. The van der Waals surface area contributed by atoms with Gasteiger partial charge in [-0.1, -0.05) is 66.2 Å². The van der Waals surface area contributed by atoms with Crippen LogP contribution < -0.4 is 5.32 Å². The average Bonchev–Trinajstić information content (AvgIpc) is 2.80. The van der Waals surface area contributed by atoms with Crippen LogP contribution in [0, 0.1) is 0 Å². The summed E-state index contributed by atoms with van der Waals surface area (Å²) in [6.07, 6.45) is -4.18. The summed E-state index contributed by atoms with van der Waals surface area (Å²) in [6.45, 7) is -0.602. The van der Waals surface area contributed by atoms with Crippen molar-refractivity contribution in [1.82, 2.24) is 9.62 Å². The van der Waals surface area contributed by atoms with E-state index in [1.807, 2.05) is 30.3 Å². The van der Waals surface area contributed by atoms with E-state index in [1.54, 1.807) is 24.3 Å². The van der Waals surface area contributed by atoms with Gasteiger partial charge in [0.05, 0.1) is 17.0 Å². The smallest absolute Gasteiger partial charge is 0.355 e. The summed E-state index contributed by atoms with van der Waals surface area (Å²) in [7, 11) is -4.46. The minimum absolute atomic E-state index is 0.270. The van der Waals surface area contributed by atoms with Gasteiger partial charge < -0.3 is 5.32 Å². The van der Waals surface area contributed by atoms with Crippen molar-refractivity contribution < 1.29 is 26.4 Å². The SMILES string of the molecule is O=C(CN(Cc1ccccc1Cl)S(=O)(=O)c1cccc(C(F)(F)F)c1)NCCc1ccccc1. The Kier molecular flexibility index (Phi) is 8.35. The van der Waals surface area contributed by atoms with Crippen molar-refractivity contribution in [2.75, 3.05) is 13.1 Å². The third-order valence-corrected chi connectivity index (χ3v) is 7.16. The Bertz CT molecular complexity index is 1240. The highest BCUT2D eigenvalue weighted by Gasteiger charge is 2.33. The van der Waals surface area contributed by atoms with Crippen molar-refractivity contribution in [1.29, 1.82) is 0 Å². The largest absolute Gasteiger partial charge is 0.416 e. The van der Waals surface area contributed by atoms with E-state index in [-0.39, 0.29) is 18.1 Å². The standard InChI is InChI=1S/C24H22ClF3N2O3S/c25-22-12-5-4-9-19(22)16-30(17-23(31)29-14-13-18-7-2-1-3-8-18)34(32,33)21-11-6-10-20(15-21)24(26,27)28/h1-12,15H,13-14,16-17H2,(H,29,31). The number of nitrogens with one attached hydrogen (secondary N) is 1. The van der Waals surface area contributed by atoms with E-state index in [1.165, 1.54) is 0 Å². The van der Waals surface area contributed by atoms with Gasteiger partial charge in [0.25, 0.3) is 0 Å². The fraction of sp³-hybridized carbons (Fsp3) is 0.208. The summed E-state index contributed by atoms with van der Waals surface area (Å²) < 4.78 is 66.9. The van der Waals surface area contributed by atoms with E-state index >= 15 is 0 Å². The zero-order valence-electron chi connectivity index (χ0n) is 17.9. The summed E-state index contributed by atoms with van der Waals surface area (Å²) in [4.78, 5) is 12.0. The first-order chi connectivity index (χ1) is 16.1. The van der Waals surface area contributed by atoms with Gasteiger partial charge >= 0.3 is 6.18 Å². The quantitative estimate of drug-likeness (QED) is 0.445. The Labute approximate surface area is 201 Å². The molecule has 0 aliphatic rings. The van der Waals surface area contributed by atoms with Gasteiger partial charge in [0, 0.05) is 18.1 Å². The van der Waals surface area contributed by atoms with Crippen LogP contribution in [0.3, 0.4) is 0 Å². The zero-order valence-corrected chi connectivity index (χ0v) is 19.5. The van der Waals surface area contributed by atoms with Crippen LogP contribution in [-0.2, 0) is 34.0 Å². The summed E-state index contributed by atoms with van der Waals surface area (Å²) in [5, 5.41) is 2.94. The lowest BCUT2D eigenvalue weighted by Crippen LogP contribution is -2.41. The summed E-state index contributed by atoms with van der Waals surface area (Å²) in [5.41, 5.74) is 0.308. The molecule has 3 aromatic carbocycles. The van der Waals surface area contributed by atoms with E-state index in [2.05, 4.69) is 5.32 Å². The molecule has 5 nitrogen and oxygen atoms in total. The van der Waals surface area contributed by atoms with Gasteiger partial charge in [-0.05, 0) is 41.8 Å². The number of rotatable bonds is 9. The van der Waals surface area contributed by atoms with Crippen molar-refractivity contribution in [2.24, 2.45) is 0 Å². The van der Waals surface area contributed by atoms with Gasteiger partial charge in [0.1, 0.15) is 0 Å². The van der Waals surface area contributed by atoms with Gasteiger partial charge in [-0.2, -0.15) is 17.5 Å².